The summed E-state index contributed by atoms with van der Waals surface area (Å²) < 4.78 is 5.85. The summed E-state index contributed by atoms with van der Waals surface area (Å²) in [5, 5.41) is 12.3. The van der Waals surface area contributed by atoms with Gasteiger partial charge in [-0.1, -0.05) is 12.1 Å². The van der Waals surface area contributed by atoms with Gasteiger partial charge in [0.2, 0.25) is 0 Å². The second-order valence-electron chi connectivity index (χ2n) is 4.19. The lowest BCUT2D eigenvalue weighted by molar-refractivity contribution is 0.0954. The largest absolute Gasteiger partial charge is 0.479 e. The lowest BCUT2D eigenvalue weighted by Gasteiger charge is -2.02. The maximum atomic E-state index is 11.9. The minimum absolute atomic E-state index is 0.00937. The number of hydrogen-bond donors (Lipinski definition) is 1. The van der Waals surface area contributed by atoms with E-state index in [2.05, 4.69) is 26.5 Å². The van der Waals surface area contributed by atoms with E-state index < -0.39 is 0 Å². The minimum atomic E-state index is -0.294. The Morgan fingerprint density at radius 1 is 1.27 bits per heavy atom. The molecule has 0 bridgehead atoms. The predicted octanol–water partition coefficient (Wildman–Crippen LogP) is 3.12. The normalized spacial score (nSPS) is 10.2. The number of amides is 1. The van der Waals surface area contributed by atoms with Crippen molar-refractivity contribution in [1.29, 1.82) is 5.26 Å². The van der Waals surface area contributed by atoms with E-state index in [4.69, 9.17) is 10.00 Å². The molecule has 0 heterocycles. The average Bonchev–Trinajstić information content (AvgIpc) is 2.54. The lowest BCUT2D eigenvalue weighted by atomic mass is 10.2. The van der Waals surface area contributed by atoms with E-state index in [0.717, 1.165) is 5.56 Å². The van der Waals surface area contributed by atoms with Gasteiger partial charge in [0, 0.05) is 4.47 Å². The Morgan fingerprint density at radius 2 is 2.00 bits per heavy atom. The first-order chi connectivity index (χ1) is 10.7. The highest BCUT2D eigenvalue weighted by Gasteiger charge is 2.07. The third-order valence-corrected chi connectivity index (χ3v) is 3.37. The van der Waals surface area contributed by atoms with Crippen molar-refractivity contribution in [3.63, 3.8) is 0 Å². The van der Waals surface area contributed by atoms with Crippen molar-refractivity contribution < 1.29 is 9.53 Å². The molecule has 1 N–H and O–H groups in total. The fourth-order valence-corrected chi connectivity index (χ4v) is 2.10. The summed E-state index contributed by atoms with van der Waals surface area (Å²) in [6.07, 6.45) is 1.53. The van der Waals surface area contributed by atoms with Gasteiger partial charge in [-0.25, -0.2) is 5.43 Å². The van der Waals surface area contributed by atoms with Crippen LogP contribution in [-0.2, 0) is 0 Å². The van der Waals surface area contributed by atoms with E-state index in [1.54, 1.807) is 42.5 Å². The number of rotatable bonds is 5. The molecule has 5 nitrogen and oxygen atoms in total. The highest BCUT2D eigenvalue weighted by atomic mass is 79.9. The Morgan fingerprint density at radius 3 is 2.68 bits per heavy atom. The van der Waals surface area contributed by atoms with Crippen LogP contribution in [0.1, 0.15) is 15.9 Å². The Bertz CT molecular complexity index is 721. The highest BCUT2D eigenvalue weighted by Crippen LogP contribution is 2.15. The van der Waals surface area contributed by atoms with E-state index in [0.29, 0.717) is 15.8 Å². The molecule has 2 aromatic rings. The third-order valence-electron chi connectivity index (χ3n) is 2.68. The summed E-state index contributed by atoms with van der Waals surface area (Å²) in [4.78, 5) is 11.9. The third kappa shape index (κ3) is 4.43. The van der Waals surface area contributed by atoms with Crippen LogP contribution in [0.2, 0.25) is 0 Å². The molecule has 110 valence electrons. The minimum Gasteiger partial charge on any atom is -0.479 e. The van der Waals surface area contributed by atoms with Crippen molar-refractivity contribution in [2.24, 2.45) is 5.10 Å². The number of nitriles is 1. The standard InChI is InChI=1S/C16H12BrN3O2/c17-15-4-2-1-3-14(15)16(21)20-19-11-12-5-7-13(8-6-12)22-10-9-18/h1-8,11H,10H2,(H,20,21)/b19-11-. The predicted molar refractivity (Wildman–Crippen MR) is 86.8 cm³/mol. The van der Waals surface area contributed by atoms with Crippen LogP contribution < -0.4 is 10.2 Å². The average molecular weight is 358 g/mol. The molecule has 2 aromatic carbocycles. The van der Waals surface area contributed by atoms with Gasteiger partial charge in [0.1, 0.15) is 11.8 Å². The molecule has 0 spiro atoms. The number of hydrazone groups is 1. The summed E-state index contributed by atoms with van der Waals surface area (Å²) >= 11 is 3.31. The number of halogens is 1. The first-order valence-corrected chi connectivity index (χ1v) is 7.18. The first kappa shape index (κ1) is 15.7. The molecular weight excluding hydrogens is 346 g/mol. The lowest BCUT2D eigenvalue weighted by Crippen LogP contribution is -2.18. The van der Waals surface area contributed by atoms with Crippen molar-refractivity contribution in [1.82, 2.24) is 5.43 Å². The molecule has 22 heavy (non-hydrogen) atoms. The smallest absolute Gasteiger partial charge is 0.272 e. The van der Waals surface area contributed by atoms with Crippen molar-refractivity contribution >= 4 is 28.1 Å². The van der Waals surface area contributed by atoms with Gasteiger partial charge in [-0.3, -0.25) is 4.79 Å². The van der Waals surface area contributed by atoms with Gasteiger partial charge in [-0.15, -0.1) is 0 Å². The molecule has 0 unspecified atom stereocenters. The highest BCUT2D eigenvalue weighted by molar-refractivity contribution is 9.10. The molecule has 0 aliphatic rings. The van der Waals surface area contributed by atoms with Crippen LogP contribution in [0.15, 0.2) is 58.1 Å². The fourth-order valence-electron chi connectivity index (χ4n) is 1.64. The Labute approximate surface area is 136 Å². The van der Waals surface area contributed by atoms with E-state index in [9.17, 15) is 4.79 Å². The topological polar surface area (TPSA) is 74.5 Å². The second kappa shape index (κ2) is 7.96. The van der Waals surface area contributed by atoms with Gasteiger partial charge in [0.25, 0.3) is 5.91 Å². The molecule has 0 aromatic heterocycles. The number of hydrogen-bond acceptors (Lipinski definition) is 4. The number of ether oxygens (including phenoxy) is 1. The monoisotopic (exact) mass is 357 g/mol. The van der Waals surface area contributed by atoms with Gasteiger partial charge in [0.15, 0.2) is 6.61 Å². The number of benzene rings is 2. The van der Waals surface area contributed by atoms with Crippen LogP contribution in [-0.4, -0.2) is 18.7 Å². The molecule has 0 aliphatic carbocycles. The Hall–Kier alpha value is -2.65. The Kier molecular flexibility index (Phi) is 5.69. The molecular formula is C16H12BrN3O2. The molecule has 0 radical (unpaired) electrons. The summed E-state index contributed by atoms with van der Waals surface area (Å²) in [6.45, 7) is 0.00937. The molecule has 0 atom stereocenters. The van der Waals surface area contributed by atoms with Crippen molar-refractivity contribution in [2.45, 2.75) is 0 Å². The first-order valence-electron chi connectivity index (χ1n) is 6.38. The number of carbonyl (C=O) groups excluding carboxylic acids is 1. The molecule has 1 amide bonds. The number of carbonyl (C=O) groups is 1. The van der Waals surface area contributed by atoms with Crippen LogP contribution in [0, 0.1) is 11.3 Å². The van der Waals surface area contributed by atoms with Gasteiger partial charge < -0.3 is 4.74 Å². The van der Waals surface area contributed by atoms with E-state index in [-0.39, 0.29) is 12.5 Å². The molecule has 0 aliphatic heterocycles. The van der Waals surface area contributed by atoms with Crippen LogP contribution in [0.25, 0.3) is 0 Å². The summed E-state index contributed by atoms with van der Waals surface area (Å²) in [5.41, 5.74) is 3.78. The number of nitrogens with one attached hydrogen (secondary N) is 1. The SMILES string of the molecule is N#CCOc1ccc(/C=N\NC(=O)c2ccccc2Br)cc1. The zero-order valence-electron chi connectivity index (χ0n) is 11.5. The number of nitrogens with zero attached hydrogens (tertiary/aromatic N) is 2. The van der Waals surface area contributed by atoms with E-state index in [1.165, 1.54) is 6.21 Å². The summed E-state index contributed by atoms with van der Waals surface area (Å²) in [6, 6.07) is 16.0. The van der Waals surface area contributed by atoms with Gasteiger partial charge >= 0.3 is 0 Å². The van der Waals surface area contributed by atoms with Crippen molar-refractivity contribution in [3.8, 4) is 11.8 Å². The van der Waals surface area contributed by atoms with E-state index >= 15 is 0 Å². The fraction of sp³-hybridized carbons (Fsp3) is 0.0625. The summed E-state index contributed by atoms with van der Waals surface area (Å²) in [7, 11) is 0. The van der Waals surface area contributed by atoms with Crippen molar-refractivity contribution in [2.75, 3.05) is 6.61 Å². The Balaban J connectivity index is 1.94. The zero-order valence-corrected chi connectivity index (χ0v) is 13.1. The van der Waals surface area contributed by atoms with Gasteiger partial charge in [-0.2, -0.15) is 10.4 Å². The van der Waals surface area contributed by atoms with Crippen LogP contribution in [0.4, 0.5) is 0 Å². The molecule has 6 heteroatoms. The molecule has 2 rings (SSSR count). The quantitative estimate of drug-likeness (QED) is 0.659. The van der Waals surface area contributed by atoms with Crippen LogP contribution in [0.3, 0.4) is 0 Å². The van der Waals surface area contributed by atoms with Crippen LogP contribution >= 0.6 is 15.9 Å². The summed E-state index contributed by atoms with van der Waals surface area (Å²) in [5.74, 6) is 0.314. The molecule has 0 saturated heterocycles. The molecule has 0 fully saturated rings. The van der Waals surface area contributed by atoms with Crippen LogP contribution in [0.5, 0.6) is 5.75 Å². The van der Waals surface area contributed by atoms with Crippen molar-refractivity contribution in [3.05, 3.63) is 64.1 Å². The van der Waals surface area contributed by atoms with E-state index in [1.807, 2.05) is 12.1 Å². The zero-order chi connectivity index (χ0) is 15.8. The van der Waals surface area contributed by atoms with Gasteiger partial charge in [0.05, 0.1) is 11.8 Å². The maximum Gasteiger partial charge on any atom is 0.272 e. The maximum absolute atomic E-state index is 11.9. The second-order valence-corrected chi connectivity index (χ2v) is 5.05. The molecule has 0 saturated carbocycles. The van der Waals surface area contributed by atoms with Gasteiger partial charge in [-0.05, 0) is 57.9 Å².